The fraction of sp³-hybridized carbons (Fsp3) is 0.621. The summed E-state index contributed by atoms with van der Waals surface area (Å²) < 4.78 is 18.5. The van der Waals surface area contributed by atoms with E-state index in [1.54, 1.807) is 32.1 Å². The molecule has 38 heavy (non-hydrogen) atoms. The van der Waals surface area contributed by atoms with Gasteiger partial charge in [-0.2, -0.15) is 0 Å². The molecule has 0 bridgehead atoms. The molecule has 2 fully saturated rings. The average Bonchev–Trinajstić information content (AvgIpc) is 2.80. The van der Waals surface area contributed by atoms with Crippen molar-refractivity contribution in [3.8, 4) is 0 Å². The van der Waals surface area contributed by atoms with Crippen molar-refractivity contribution in [3.63, 3.8) is 0 Å². The van der Waals surface area contributed by atoms with E-state index in [1.165, 1.54) is 6.08 Å². The van der Waals surface area contributed by atoms with E-state index in [1.807, 2.05) is 26.0 Å². The number of aliphatic hydroxyl groups excluding tert-OH is 1. The van der Waals surface area contributed by atoms with Gasteiger partial charge in [-0.05, 0) is 45.0 Å². The number of rotatable bonds is 10. The van der Waals surface area contributed by atoms with Crippen LogP contribution in [0.2, 0.25) is 18.1 Å². The second-order valence-corrected chi connectivity index (χ2v) is 16.8. The molecule has 1 amide bonds. The second-order valence-electron chi connectivity index (χ2n) is 12.1. The summed E-state index contributed by atoms with van der Waals surface area (Å²) in [4.78, 5) is 36.8. The van der Waals surface area contributed by atoms with Gasteiger partial charge in [-0.1, -0.05) is 69.2 Å². The number of carbonyl (C=O) groups is 3. The summed E-state index contributed by atoms with van der Waals surface area (Å²) >= 11 is 0. The van der Waals surface area contributed by atoms with Crippen LogP contribution in [0.5, 0.6) is 0 Å². The van der Waals surface area contributed by atoms with E-state index in [-0.39, 0.29) is 23.7 Å². The normalized spacial score (nSPS) is 30.1. The summed E-state index contributed by atoms with van der Waals surface area (Å²) in [5.74, 6) is -0.746. The number of allylic oxidation sites excluding steroid dienone is 5. The summed E-state index contributed by atoms with van der Waals surface area (Å²) in [6, 6.07) is -0.661. The predicted octanol–water partition coefficient (Wildman–Crippen LogP) is 5.01. The Morgan fingerprint density at radius 1 is 1.18 bits per heavy atom. The smallest absolute Gasteiger partial charge is 0.407 e. The van der Waals surface area contributed by atoms with E-state index in [0.717, 1.165) is 11.1 Å². The molecule has 2 aliphatic heterocycles. The summed E-state index contributed by atoms with van der Waals surface area (Å²) in [6.45, 7) is 18.2. The lowest BCUT2D eigenvalue weighted by Crippen LogP contribution is -2.68. The van der Waals surface area contributed by atoms with Crippen molar-refractivity contribution >= 4 is 26.7 Å². The van der Waals surface area contributed by atoms with Gasteiger partial charge in [0.15, 0.2) is 8.32 Å². The second kappa shape index (κ2) is 12.6. The van der Waals surface area contributed by atoms with Crippen molar-refractivity contribution in [2.75, 3.05) is 6.61 Å². The zero-order valence-electron chi connectivity index (χ0n) is 24.2. The number of hydrogen-bond acceptors (Lipinski definition) is 7. The quantitative estimate of drug-likeness (QED) is 0.130. The van der Waals surface area contributed by atoms with Crippen LogP contribution in [-0.2, 0) is 23.5 Å². The number of aliphatic hydroxyl groups is 1. The van der Waals surface area contributed by atoms with Gasteiger partial charge in [-0.25, -0.2) is 4.79 Å². The molecule has 212 valence electrons. The van der Waals surface area contributed by atoms with Gasteiger partial charge in [0.2, 0.25) is 0 Å². The number of carbonyl (C=O) groups excluding carboxylic acids is 3. The first-order chi connectivity index (χ1) is 17.6. The summed E-state index contributed by atoms with van der Waals surface area (Å²) in [5.41, 5.74) is 0.483. The molecule has 0 aliphatic carbocycles. The molecule has 2 N–H and O–H groups in total. The lowest BCUT2D eigenvalue weighted by Gasteiger charge is -2.51. The lowest BCUT2D eigenvalue weighted by atomic mass is 9.67. The standard InChI is InChI=1S/C29H45NO7Si/c1-19(14-16-32)12-13-22(37-38(8,9)28(4,5)6)18-23-21(3)25-29(7,26(33)35-23)24(30-27(34)36-25)17-20(2)11-10-15-31/h10-15,17,21-25,32H,16,18H2,1-9H3,(H,30,34)/b11-10+,13-12+,19-14+,20-17+/t21-,22-,23-,24-,25+,29+/m1/s1. The van der Waals surface area contributed by atoms with Gasteiger partial charge in [0.1, 0.15) is 23.9 Å². The summed E-state index contributed by atoms with van der Waals surface area (Å²) in [5, 5.41) is 12.0. The van der Waals surface area contributed by atoms with Crippen LogP contribution in [0.25, 0.3) is 0 Å². The van der Waals surface area contributed by atoms with Gasteiger partial charge in [-0.15, -0.1) is 0 Å². The minimum Gasteiger partial charge on any atom is -0.461 e. The number of alkyl carbamates (subject to hydrolysis) is 1. The fourth-order valence-corrected chi connectivity index (χ4v) is 5.88. The maximum Gasteiger partial charge on any atom is 0.407 e. The minimum absolute atomic E-state index is 0.0250. The molecule has 6 atom stereocenters. The number of fused-ring (bicyclic) bond motifs is 1. The number of nitrogens with one attached hydrogen (secondary N) is 1. The Kier molecular flexibility index (Phi) is 10.5. The zero-order chi connectivity index (χ0) is 28.9. The Labute approximate surface area is 228 Å². The molecular weight excluding hydrogens is 502 g/mol. The highest BCUT2D eigenvalue weighted by Crippen LogP contribution is 2.45. The van der Waals surface area contributed by atoms with Crippen LogP contribution >= 0.6 is 0 Å². The molecule has 0 aromatic heterocycles. The number of aldehydes is 1. The number of cyclic esters (lactones) is 1. The number of ether oxygens (including phenoxy) is 2. The van der Waals surface area contributed by atoms with E-state index in [2.05, 4.69) is 39.2 Å². The largest absolute Gasteiger partial charge is 0.461 e. The third kappa shape index (κ3) is 7.33. The number of esters is 1. The van der Waals surface area contributed by atoms with Crippen molar-refractivity contribution in [3.05, 3.63) is 47.6 Å². The van der Waals surface area contributed by atoms with E-state index in [0.29, 0.717) is 12.7 Å². The highest BCUT2D eigenvalue weighted by molar-refractivity contribution is 6.74. The molecule has 2 aliphatic rings. The Hall–Kier alpha value is -2.49. The van der Waals surface area contributed by atoms with Crippen molar-refractivity contribution in [1.29, 1.82) is 0 Å². The van der Waals surface area contributed by atoms with Gasteiger partial charge < -0.3 is 24.3 Å². The van der Waals surface area contributed by atoms with E-state index in [9.17, 15) is 19.5 Å². The highest BCUT2D eigenvalue weighted by atomic mass is 28.4. The molecule has 2 saturated heterocycles. The molecule has 8 nitrogen and oxygen atoms in total. The fourth-order valence-electron chi connectivity index (χ4n) is 4.60. The molecular formula is C29H45NO7Si. The van der Waals surface area contributed by atoms with Gasteiger partial charge in [0, 0.05) is 12.3 Å². The molecule has 2 heterocycles. The molecule has 2 rings (SSSR count). The molecule has 0 radical (unpaired) electrons. The van der Waals surface area contributed by atoms with Crippen LogP contribution in [-0.4, -0.2) is 62.7 Å². The van der Waals surface area contributed by atoms with E-state index in [4.69, 9.17) is 13.9 Å². The molecule has 0 saturated carbocycles. The summed E-state index contributed by atoms with van der Waals surface area (Å²) in [6.07, 6.45) is 9.21. The topological polar surface area (TPSA) is 111 Å². The van der Waals surface area contributed by atoms with Crippen LogP contribution in [0.4, 0.5) is 4.79 Å². The van der Waals surface area contributed by atoms with Crippen LogP contribution in [0.15, 0.2) is 47.6 Å². The third-order valence-electron chi connectivity index (χ3n) is 8.08. The Morgan fingerprint density at radius 3 is 2.42 bits per heavy atom. The monoisotopic (exact) mass is 547 g/mol. The van der Waals surface area contributed by atoms with Crippen molar-refractivity contribution in [2.45, 2.75) is 97.4 Å². The maximum atomic E-state index is 13.6. The average molecular weight is 548 g/mol. The zero-order valence-corrected chi connectivity index (χ0v) is 25.2. The molecule has 0 spiro atoms. The molecule has 0 aromatic carbocycles. The van der Waals surface area contributed by atoms with Gasteiger partial charge in [0.25, 0.3) is 0 Å². The van der Waals surface area contributed by atoms with Crippen molar-refractivity contribution in [1.82, 2.24) is 5.32 Å². The first-order valence-corrected chi connectivity index (χ1v) is 16.1. The predicted molar refractivity (Wildman–Crippen MR) is 150 cm³/mol. The maximum absolute atomic E-state index is 13.6. The highest BCUT2D eigenvalue weighted by Gasteiger charge is 2.61. The third-order valence-corrected chi connectivity index (χ3v) is 12.6. The van der Waals surface area contributed by atoms with Gasteiger partial charge >= 0.3 is 12.1 Å². The van der Waals surface area contributed by atoms with Gasteiger partial charge in [0.05, 0.1) is 18.8 Å². The van der Waals surface area contributed by atoms with Crippen molar-refractivity contribution in [2.24, 2.45) is 11.3 Å². The van der Waals surface area contributed by atoms with Crippen LogP contribution in [0.1, 0.15) is 54.9 Å². The Morgan fingerprint density at radius 2 is 1.84 bits per heavy atom. The Balaban J connectivity index is 2.39. The van der Waals surface area contributed by atoms with Crippen LogP contribution in [0, 0.1) is 11.3 Å². The molecule has 0 unspecified atom stereocenters. The molecule has 9 heteroatoms. The number of amides is 1. The first kappa shape index (κ1) is 31.7. The number of hydrogen-bond donors (Lipinski definition) is 2. The van der Waals surface area contributed by atoms with E-state index >= 15 is 0 Å². The van der Waals surface area contributed by atoms with Crippen molar-refractivity contribution < 1.29 is 33.4 Å². The summed E-state index contributed by atoms with van der Waals surface area (Å²) in [7, 11) is -2.18. The first-order valence-electron chi connectivity index (χ1n) is 13.2. The van der Waals surface area contributed by atoms with Crippen LogP contribution < -0.4 is 5.32 Å². The minimum atomic E-state index is -2.18. The molecule has 0 aromatic rings. The van der Waals surface area contributed by atoms with Gasteiger partial charge in [-0.3, -0.25) is 9.59 Å². The van der Waals surface area contributed by atoms with Crippen LogP contribution in [0.3, 0.4) is 0 Å². The lowest BCUT2D eigenvalue weighted by molar-refractivity contribution is -0.203. The SMILES string of the molecule is CC(/C=C/[C@H](C[C@H]1OC(=O)[C@@]2(C)[C@@H](/C=C(C)/C=C/C=O)NC(=O)O[C@H]2[C@@H]1C)O[Si](C)(C)C(C)(C)C)=C\CO. The van der Waals surface area contributed by atoms with E-state index < -0.39 is 44.0 Å². The Bertz CT molecular complexity index is 1010.